The first-order chi connectivity index (χ1) is 19.4. The molecular formula is C25H51LiO14S. The van der Waals surface area contributed by atoms with E-state index in [0.717, 1.165) is 0 Å². The minimum absolute atomic E-state index is 0. The molecule has 0 radical (unpaired) electrons. The summed E-state index contributed by atoms with van der Waals surface area (Å²) in [5.41, 5.74) is 0. The predicted octanol–water partition coefficient (Wildman–Crippen LogP) is -2.88. The van der Waals surface area contributed by atoms with Gasteiger partial charge in [0.25, 0.3) is 0 Å². The van der Waals surface area contributed by atoms with E-state index >= 15 is 0 Å². The van der Waals surface area contributed by atoms with Crippen molar-refractivity contribution in [2.75, 3.05) is 133 Å². The van der Waals surface area contributed by atoms with E-state index in [1.54, 1.807) is 28.4 Å². The largest absolute Gasteiger partial charge is 1.00 e. The fraction of sp³-hybridized carbons (Fsp3) is 1.00. The average molecular weight is 615 g/mol. The van der Waals surface area contributed by atoms with Gasteiger partial charge >= 0.3 is 18.9 Å². The van der Waals surface area contributed by atoms with Gasteiger partial charge in [-0.05, 0) is 12.8 Å². The van der Waals surface area contributed by atoms with Gasteiger partial charge in [0.05, 0.1) is 103 Å². The number of rotatable bonds is 32. The molecule has 0 bridgehead atoms. The minimum Gasteiger partial charge on any atom is -0.748 e. The van der Waals surface area contributed by atoms with Gasteiger partial charge in [-0.25, -0.2) is 8.42 Å². The second-order valence-corrected chi connectivity index (χ2v) is 10.2. The van der Waals surface area contributed by atoms with Gasteiger partial charge in [-0.2, -0.15) is 0 Å². The van der Waals surface area contributed by atoms with Gasteiger partial charge in [-0.1, -0.05) is 0 Å². The Morgan fingerprint density at radius 2 is 0.829 bits per heavy atom. The smallest absolute Gasteiger partial charge is 0.748 e. The first kappa shape index (κ1) is 43.2. The van der Waals surface area contributed by atoms with E-state index in [4.69, 9.17) is 52.1 Å². The van der Waals surface area contributed by atoms with Crippen LogP contribution in [0.15, 0.2) is 0 Å². The maximum atomic E-state index is 10.9. The Morgan fingerprint density at radius 1 is 0.488 bits per heavy atom. The molecule has 0 aliphatic rings. The van der Waals surface area contributed by atoms with Crippen LogP contribution in [0.4, 0.5) is 0 Å². The first-order valence-electron chi connectivity index (χ1n) is 13.4. The van der Waals surface area contributed by atoms with Crippen LogP contribution in [-0.2, 0) is 62.2 Å². The molecule has 16 heteroatoms. The van der Waals surface area contributed by atoms with Gasteiger partial charge in [0.15, 0.2) is 0 Å². The summed E-state index contributed by atoms with van der Waals surface area (Å²) in [6.45, 7) is 5.15. The third kappa shape index (κ3) is 31.3. The molecular weight excluding hydrogens is 563 g/mol. The summed E-state index contributed by atoms with van der Waals surface area (Å²) in [7, 11) is 2.12. The molecule has 0 aliphatic heterocycles. The molecule has 0 aliphatic carbocycles. The van der Waals surface area contributed by atoms with Crippen LogP contribution in [0.25, 0.3) is 0 Å². The topological polar surface area (TPSA) is 159 Å². The summed E-state index contributed by atoms with van der Waals surface area (Å²) < 4.78 is 93.2. The molecule has 0 aromatic rings. The van der Waals surface area contributed by atoms with Crippen LogP contribution in [0, 0.1) is 0 Å². The van der Waals surface area contributed by atoms with Gasteiger partial charge in [0.2, 0.25) is 0 Å². The first-order valence-corrected chi connectivity index (χ1v) is 15.0. The van der Waals surface area contributed by atoms with E-state index in [1.165, 1.54) is 0 Å². The third-order valence-corrected chi connectivity index (χ3v) is 5.91. The minimum atomic E-state index is -4.27. The Kier molecular flexibility index (Phi) is 33.2. The van der Waals surface area contributed by atoms with E-state index in [0.29, 0.717) is 59.3 Å². The molecule has 0 fully saturated rings. The van der Waals surface area contributed by atoms with Crippen molar-refractivity contribution in [3.8, 4) is 0 Å². The number of unbranched alkanes of at least 4 members (excludes halogenated alkanes) is 1. The van der Waals surface area contributed by atoms with Crippen molar-refractivity contribution in [3.05, 3.63) is 0 Å². The van der Waals surface area contributed by atoms with Crippen molar-refractivity contribution in [1.29, 1.82) is 0 Å². The molecule has 0 unspecified atom stereocenters. The van der Waals surface area contributed by atoms with Crippen molar-refractivity contribution in [1.82, 2.24) is 0 Å². The Balaban J connectivity index is 0. The van der Waals surface area contributed by atoms with Crippen LogP contribution >= 0.6 is 0 Å². The van der Waals surface area contributed by atoms with Gasteiger partial charge < -0.3 is 56.7 Å². The van der Waals surface area contributed by atoms with Gasteiger partial charge in [0, 0.05) is 40.8 Å². The Labute approximate surface area is 258 Å². The number of ether oxygens (including phenoxy) is 11. The predicted molar refractivity (Wildman–Crippen MR) is 144 cm³/mol. The standard InChI is InChI=1S/C25H52O14S.Li/c1-29-8-12-33-17-23(18-34-13-9-30-2)38-21-25(37-7-5-6-16-40(26,27)28)22-39-24(19-35-14-10-31-3)20-36-15-11-32-4;/h23-25H,5-22H2,1-4H3,(H,26,27,28);/q;+1/p-1. The van der Waals surface area contributed by atoms with Crippen LogP contribution < -0.4 is 18.9 Å². The third-order valence-electron chi connectivity index (χ3n) is 5.12. The molecule has 0 rings (SSSR count). The monoisotopic (exact) mass is 614 g/mol. The van der Waals surface area contributed by atoms with Crippen molar-refractivity contribution < 1.29 is 83.9 Å². The molecule has 0 aromatic carbocycles. The summed E-state index contributed by atoms with van der Waals surface area (Å²) in [6.07, 6.45) is -0.658. The molecule has 242 valence electrons. The number of methoxy groups -OCH3 is 4. The number of hydrogen-bond donors (Lipinski definition) is 0. The van der Waals surface area contributed by atoms with Gasteiger partial charge in [-0.3, -0.25) is 0 Å². The summed E-state index contributed by atoms with van der Waals surface area (Å²) >= 11 is 0. The second kappa shape index (κ2) is 31.5. The van der Waals surface area contributed by atoms with E-state index in [1.807, 2.05) is 0 Å². The summed E-state index contributed by atoms with van der Waals surface area (Å²) in [6, 6.07) is 0. The Hall–Kier alpha value is 0.0674. The van der Waals surface area contributed by atoms with E-state index < -0.39 is 22.0 Å². The maximum Gasteiger partial charge on any atom is 1.00 e. The molecule has 0 saturated heterocycles. The molecule has 0 spiro atoms. The van der Waals surface area contributed by atoms with Crippen molar-refractivity contribution in [3.63, 3.8) is 0 Å². The van der Waals surface area contributed by atoms with Crippen molar-refractivity contribution >= 4 is 10.1 Å². The fourth-order valence-electron chi connectivity index (χ4n) is 2.98. The summed E-state index contributed by atoms with van der Waals surface area (Å²) in [4.78, 5) is 0. The number of hydrogen-bond acceptors (Lipinski definition) is 14. The molecule has 41 heavy (non-hydrogen) atoms. The quantitative estimate of drug-likeness (QED) is 0.0432. The molecule has 0 aromatic heterocycles. The van der Waals surface area contributed by atoms with E-state index in [9.17, 15) is 13.0 Å². The Bertz CT molecular complexity index is 575. The summed E-state index contributed by atoms with van der Waals surface area (Å²) in [5, 5.41) is 0. The van der Waals surface area contributed by atoms with Crippen LogP contribution in [-0.4, -0.2) is 165 Å². The zero-order chi connectivity index (χ0) is 29.7. The van der Waals surface area contributed by atoms with Crippen LogP contribution in [0.2, 0.25) is 0 Å². The maximum absolute atomic E-state index is 10.9. The summed E-state index contributed by atoms with van der Waals surface area (Å²) in [5.74, 6) is -0.437. The molecule has 14 nitrogen and oxygen atoms in total. The molecule has 0 N–H and O–H groups in total. The average Bonchev–Trinajstić information content (AvgIpc) is 2.92. The van der Waals surface area contributed by atoms with Crippen molar-refractivity contribution in [2.24, 2.45) is 0 Å². The van der Waals surface area contributed by atoms with Crippen LogP contribution in [0.1, 0.15) is 12.8 Å². The van der Waals surface area contributed by atoms with Crippen LogP contribution in [0.5, 0.6) is 0 Å². The van der Waals surface area contributed by atoms with Gasteiger partial charge in [0.1, 0.15) is 18.3 Å². The zero-order valence-corrected chi connectivity index (χ0v) is 26.4. The fourth-order valence-corrected chi connectivity index (χ4v) is 3.54. The van der Waals surface area contributed by atoms with Crippen molar-refractivity contribution in [2.45, 2.75) is 31.2 Å². The second-order valence-electron chi connectivity index (χ2n) is 8.64. The normalized spacial score (nSPS) is 12.1. The molecule has 0 amide bonds. The molecule has 0 heterocycles. The van der Waals surface area contributed by atoms with E-state index in [-0.39, 0.29) is 83.7 Å². The van der Waals surface area contributed by atoms with Crippen LogP contribution in [0.3, 0.4) is 0 Å². The van der Waals surface area contributed by atoms with E-state index in [2.05, 4.69) is 0 Å². The molecule has 0 atom stereocenters. The zero-order valence-electron chi connectivity index (χ0n) is 25.6. The SMILES string of the molecule is COCCOCC(COCCOC)OCC(COC(COCCOC)COCCOC)OCCCCS(=O)(=O)[O-].[Li+]. The van der Waals surface area contributed by atoms with Gasteiger partial charge in [-0.15, -0.1) is 0 Å². The Morgan fingerprint density at radius 3 is 1.15 bits per heavy atom. The molecule has 0 saturated carbocycles.